The van der Waals surface area contributed by atoms with Crippen molar-refractivity contribution in [3.8, 4) is 11.5 Å². The van der Waals surface area contributed by atoms with Crippen LogP contribution in [0.3, 0.4) is 0 Å². The molecule has 0 aliphatic rings. The standard InChI is InChI=1S/C14H19N3O3/c1-3-6-15-14(18)10-17(2)9-11-8-13(20-16-11)12-5-4-7-19-12/h4-5,7-8H,3,6,9-10H2,1-2H3,(H,15,18). The van der Waals surface area contributed by atoms with Crippen LogP contribution in [-0.4, -0.2) is 36.1 Å². The molecule has 0 aliphatic heterocycles. The maximum absolute atomic E-state index is 11.6. The molecule has 0 bridgehead atoms. The lowest BCUT2D eigenvalue weighted by Crippen LogP contribution is -2.35. The number of hydrogen-bond donors (Lipinski definition) is 1. The van der Waals surface area contributed by atoms with E-state index in [1.807, 2.05) is 31.0 Å². The third-order valence-corrected chi connectivity index (χ3v) is 2.74. The molecule has 2 heterocycles. The number of likely N-dealkylation sites (N-methyl/N-ethyl adjacent to an activating group) is 1. The lowest BCUT2D eigenvalue weighted by Gasteiger charge is -2.14. The van der Waals surface area contributed by atoms with Crippen LogP contribution in [0.1, 0.15) is 19.0 Å². The second-order valence-corrected chi connectivity index (χ2v) is 4.68. The highest BCUT2D eigenvalue weighted by atomic mass is 16.5. The van der Waals surface area contributed by atoms with Crippen LogP contribution in [0.2, 0.25) is 0 Å². The number of carbonyl (C=O) groups is 1. The fourth-order valence-electron chi connectivity index (χ4n) is 1.82. The Balaban J connectivity index is 1.85. The number of amides is 1. The molecule has 20 heavy (non-hydrogen) atoms. The van der Waals surface area contributed by atoms with Crippen molar-refractivity contribution < 1.29 is 13.7 Å². The fourth-order valence-corrected chi connectivity index (χ4v) is 1.82. The lowest BCUT2D eigenvalue weighted by atomic mass is 10.3. The van der Waals surface area contributed by atoms with Gasteiger partial charge in [0.2, 0.25) is 11.7 Å². The predicted molar refractivity (Wildman–Crippen MR) is 73.8 cm³/mol. The summed E-state index contributed by atoms with van der Waals surface area (Å²) in [4.78, 5) is 13.5. The Bertz CT molecular complexity index is 534. The van der Waals surface area contributed by atoms with Gasteiger partial charge in [-0.15, -0.1) is 0 Å². The summed E-state index contributed by atoms with van der Waals surface area (Å²) in [5, 5.41) is 6.81. The Morgan fingerprint density at radius 2 is 2.30 bits per heavy atom. The van der Waals surface area contributed by atoms with Gasteiger partial charge in [-0.3, -0.25) is 9.69 Å². The topological polar surface area (TPSA) is 71.5 Å². The maximum Gasteiger partial charge on any atom is 0.234 e. The first-order chi connectivity index (χ1) is 9.69. The molecule has 0 radical (unpaired) electrons. The third kappa shape index (κ3) is 3.96. The van der Waals surface area contributed by atoms with E-state index >= 15 is 0 Å². The summed E-state index contributed by atoms with van der Waals surface area (Å²) in [5.74, 6) is 1.25. The Morgan fingerprint density at radius 1 is 1.45 bits per heavy atom. The van der Waals surface area contributed by atoms with Crippen LogP contribution in [0.4, 0.5) is 0 Å². The summed E-state index contributed by atoms with van der Waals surface area (Å²) >= 11 is 0. The van der Waals surface area contributed by atoms with Crippen LogP contribution >= 0.6 is 0 Å². The number of aromatic nitrogens is 1. The number of hydrogen-bond acceptors (Lipinski definition) is 5. The van der Waals surface area contributed by atoms with E-state index in [1.165, 1.54) is 0 Å². The van der Waals surface area contributed by atoms with E-state index in [-0.39, 0.29) is 5.91 Å². The largest absolute Gasteiger partial charge is 0.461 e. The van der Waals surface area contributed by atoms with Gasteiger partial charge in [0.1, 0.15) is 0 Å². The van der Waals surface area contributed by atoms with Crippen LogP contribution in [0.25, 0.3) is 11.5 Å². The summed E-state index contributed by atoms with van der Waals surface area (Å²) in [7, 11) is 1.87. The average molecular weight is 277 g/mol. The van der Waals surface area contributed by atoms with E-state index in [0.717, 1.165) is 12.1 Å². The molecule has 0 fully saturated rings. The highest BCUT2D eigenvalue weighted by Crippen LogP contribution is 2.20. The molecule has 6 heteroatoms. The molecule has 0 spiro atoms. The normalized spacial score (nSPS) is 10.9. The Hall–Kier alpha value is -2.08. The molecule has 1 N–H and O–H groups in total. The van der Waals surface area contributed by atoms with E-state index in [1.54, 1.807) is 12.3 Å². The summed E-state index contributed by atoms with van der Waals surface area (Å²) in [6.45, 7) is 3.61. The quantitative estimate of drug-likeness (QED) is 0.836. The van der Waals surface area contributed by atoms with Crippen LogP contribution < -0.4 is 5.32 Å². The third-order valence-electron chi connectivity index (χ3n) is 2.74. The number of nitrogens with zero attached hydrogens (tertiary/aromatic N) is 2. The maximum atomic E-state index is 11.6. The van der Waals surface area contributed by atoms with Crippen molar-refractivity contribution in [1.82, 2.24) is 15.4 Å². The minimum Gasteiger partial charge on any atom is -0.461 e. The molecule has 108 valence electrons. The Kier molecular flexibility index (Phi) is 4.95. The van der Waals surface area contributed by atoms with Gasteiger partial charge in [0.05, 0.1) is 18.5 Å². The summed E-state index contributed by atoms with van der Waals surface area (Å²) in [6.07, 6.45) is 2.52. The minimum absolute atomic E-state index is 0.0177. The monoisotopic (exact) mass is 277 g/mol. The summed E-state index contributed by atoms with van der Waals surface area (Å²) in [6, 6.07) is 5.42. The van der Waals surface area contributed by atoms with Gasteiger partial charge in [-0.1, -0.05) is 12.1 Å². The van der Waals surface area contributed by atoms with E-state index < -0.39 is 0 Å². The van der Waals surface area contributed by atoms with Crippen LogP contribution in [-0.2, 0) is 11.3 Å². The second kappa shape index (κ2) is 6.91. The first-order valence-electron chi connectivity index (χ1n) is 6.63. The van der Waals surface area contributed by atoms with E-state index in [0.29, 0.717) is 31.2 Å². The highest BCUT2D eigenvalue weighted by Gasteiger charge is 2.12. The van der Waals surface area contributed by atoms with Crippen molar-refractivity contribution in [3.05, 3.63) is 30.2 Å². The van der Waals surface area contributed by atoms with Crippen LogP contribution in [0.15, 0.2) is 33.4 Å². The number of carbonyl (C=O) groups excluding carboxylic acids is 1. The average Bonchev–Trinajstić information content (AvgIpc) is 3.06. The summed E-state index contributed by atoms with van der Waals surface area (Å²) < 4.78 is 10.4. The number of rotatable bonds is 7. The SMILES string of the molecule is CCCNC(=O)CN(C)Cc1cc(-c2ccco2)on1. The molecule has 6 nitrogen and oxygen atoms in total. The van der Waals surface area contributed by atoms with Gasteiger partial charge in [-0.05, 0) is 25.6 Å². The zero-order valence-electron chi connectivity index (χ0n) is 11.8. The molecule has 0 atom stereocenters. The van der Waals surface area contributed by atoms with Crippen LogP contribution in [0, 0.1) is 0 Å². The lowest BCUT2D eigenvalue weighted by molar-refractivity contribution is -0.122. The molecule has 1 amide bonds. The van der Waals surface area contributed by atoms with Gasteiger partial charge in [0.25, 0.3) is 0 Å². The van der Waals surface area contributed by atoms with Gasteiger partial charge in [0, 0.05) is 19.2 Å². The zero-order valence-corrected chi connectivity index (χ0v) is 11.8. The van der Waals surface area contributed by atoms with Gasteiger partial charge < -0.3 is 14.3 Å². The molecule has 0 unspecified atom stereocenters. The Labute approximate surface area is 117 Å². The predicted octanol–water partition coefficient (Wildman–Crippen LogP) is 1.89. The molecule has 0 saturated heterocycles. The Morgan fingerprint density at radius 3 is 3.00 bits per heavy atom. The van der Waals surface area contributed by atoms with E-state index in [9.17, 15) is 4.79 Å². The summed E-state index contributed by atoms with van der Waals surface area (Å²) in [5.41, 5.74) is 0.766. The van der Waals surface area contributed by atoms with Crippen molar-refractivity contribution in [2.45, 2.75) is 19.9 Å². The van der Waals surface area contributed by atoms with Gasteiger partial charge in [-0.2, -0.15) is 0 Å². The molecule has 2 aromatic rings. The van der Waals surface area contributed by atoms with Crippen molar-refractivity contribution in [3.63, 3.8) is 0 Å². The van der Waals surface area contributed by atoms with Crippen molar-refractivity contribution >= 4 is 5.91 Å². The highest BCUT2D eigenvalue weighted by molar-refractivity contribution is 5.77. The van der Waals surface area contributed by atoms with Gasteiger partial charge >= 0.3 is 0 Å². The van der Waals surface area contributed by atoms with Gasteiger partial charge in [-0.25, -0.2) is 0 Å². The molecule has 0 aromatic carbocycles. The molecule has 2 aromatic heterocycles. The van der Waals surface area contributed by atoms with E-state index in [4.69, 9.17) is 8.94 Å². The minimum atomic E-state index is 0.0177. The van der Waals surface area contributed by atoms with Crippen molar-refractivity contribution in [1.29, 1.82) is 0 Å². The van der Waals surface area contributed by atoms with Crippen LogP contribution in [0.5, 0.6) is 0 Å². The molecule has 0 saturated carbocycles. The molecule has 0 aliphatic carbocycles. The van der Waals surface area contributed by atoms with Gasteiger partial charge in [0.15, 0.2) is 5.76 Å². The molecular weight excluding hydrogens is 258 g/mol. The van der Waals surface area contributed by atoms with Crippen molar-refractivity contribution in [2.24, 2.45) is 0 Å². The molecule has 2 rings (SSSR count). The second-order valence-electron chi connectivity index (χ2n) is 4.68. The zero-order chi connectivity index (χ0) is 14.4. The number of furan rings is 1. The number of nitrogens with one attached hydrogen (secondary N) is 1. The van der Waals surface area contributed by atoms with Crippen molar-refractivity contribution in [2.75, 3.05) is 20.1 Å². The smallest absolute Gasteiger partial charge is 0.234 e. The first-order valence-corrected chi connectivity index (χ1v) is 6.63. The fraction of sp³-hybridized carbons (Fsp3) is 0.429. The van der Waals surface area contributed by atoms with E-state index in [2.05, 4.69) is 10.5 Å². The molecular formula is C14H19N3O3. The first kappa shape index (κ1) is 14.3.